The van der Waals surface area contributed by atoms with Crippen LogP contribution in [-0.2, 0) is 0 Å². The minimum absolute atomic E-state index is 0.106. The van der Waals surface area contributed by atoms with Crippen molar-refractivity contribution in [1.29, 1.82) is 0 Å². The molecule has 14 heavy (non-hydrogen) atoms. The Labute approximate surface area is 82.2 Å². The predicted molar refractivity (Wildman–Crippen MR) is 51.4 cm³/mol. The number of benzene rings is 1. The van der Waals surface area contributed by atoms with Crippen LogP contribution in [0.4, 0.5) is 0 Å². The number of ether oxygens (including phenoxy) is 2. The molecule has 0 saturated carbocycles. The van der Waals surface area contributed by atoms with E-state index in [1.54, 1.807) is 12.1 Å². The molecule has 2 rings (SSSR count). The first-order valence-electron chi connectivity index (χ1n) is 4.61. The molecule has 4 nitrogen and oxygen atoms in total. The summed E-state index contributed by atoms with van der Waals surface area (Å²) in [7, 11) is 0. The summed E-state index contributed by atoms with van der Waals surface area (Å²) in [4.78, 5) is 0. The molecule has 1 aromatic carbocycles. The summed E-state index contributed by atoms with van der Waals surface area (Å²) in [6, 6.07) is 3.38. The van der Waals surface area contributed by atoms with Crippen LogP contribution in [-0.4, -0.2) is 11.9 Å². The van der Waals surface area contributed by atoms with Gasteiger partial charge in [-0.05, 0) is 18.6 Å². The van der Waals surface area contributed by atoms with E-state index in [0.717, 1.165) is 6.42 Å². The molecule has 1 atom stereocenters. The molecule has 3 N–H and O–H groups in total. The van der Waals surface area contributed by atoms with Gasteiger partial charge in [-0.15, -0.1) is 0 Å². The Morgan fingerprint density at radius 2 is 2.29 bits per heavy atom. The van der Waals surface area contributed by atoms with Gasteiger partial charge in [0.05, 0.1) is 0 Å². The van der Waals surface area contributed by atoms with Gasteiger partial charge < -0.3 is 20.3 Å². The largest absolute Gasteiger partial charge is 0.504 e. The van der Waals surface area contributed by atoms with Crippen LogP contribution in [0.25, 0.3) is 0 Å². The Kier molecular flexibility index (Phi) is 2.21. The van der Waals surface area contributed by atoms with E-state index in [1.807, 2.05) is 6.92 Å². The maximum absolute atomic E-state index is 9.83. The van der Waals surface area contributed by atoms with Crippen molar-refractivity contribution >= 4 is 0 Å². The molecule has 0 fully saturated rings. The molecule has 1 heterocycles. The molecule has 1 aliphatic heterocycles. The van der Waals surface area contributed by atoms with Gasteiger partial charge in [0.2, 0.25) is 12.5 Å². The van der Waals surface area contributed by atoms with Crippen molar-refractivity contribution in [1.82, 2.24) is 0 Å². The van der Waals surface area contributed by atoms with E-state index in [1.165, 1.54) is 0 Å². The highest BCUT2D eigenvalue weighted by molar-refractivity contribution is 5.56. The fraction of sp³-hybridized carbons (Fsp3) is 0.400. The molecule has 0 saturated heterocycles. The zero-order valence-electron chi connectivity index (χ0n) is 7.99. The van der Waals surface area contributed by atoms with Crippen LogP contribution in [0.2, 0.25) is 0 Å². The summed E-state index contributed by atoms with van der Waals surface area (Å²) in [5.41, 5.74) is 6.54. The molecular formula is C10H13NO3. The summed E-state index contributed by atoms with van der Waals surface area (Å²) in [5, 5.41) is 9.83. The molecule has 1 aliphatic rings. The number of rotatable bonds is 2. The molecule has 0 radical (unpaired) electrons. The summed E-state index contributed by atoms with van der Waals surface area (Å²) in [6.07, 6.45) is 0.771. The molecule has 0 spiro atoms. The van der Waals surface area contributed by atoms with Crippen molar-refractivity contribution in [2.24, 2.45) is 5.73 Å². The normalized spacial score (nSPS) is 15.6. The van der Waals surface area contributed by atoms with Gasteiger partial charge >= 0.3 is 0 Å². The second kappa shape index (κ2) is 3.38. The van der Waals surface area contributed by atoms with Gasteiger partial charge in [0.25, 0.3) is 0 Å². The fourth-order valence-electron chi connectivity index (χ4n) is 1.49. The standard InChI is InChI=1S/C10H13NO3/c1-2-7(11)6-3-4-8-10(9(6)12)14-5-13-8/h3-4,7,12H,2,5,11H2,1H3/t7-/m0/s1. The van der Waals surface area contributed by atoms with Crippen LogP contribution >= 0.6 is 0 Å². The predicted octanol–water partition coefficient (Wildman–Crippen LogP) is 1.53. The van der Waals surface area contributed by atoms with Crippen LogP contribution in [0.15, 0.2) is 12.1 Å². The van der Waals surface area contributed by atoms with Gasteiger partial charge in [-0.3, -0.25) is 0 Å². The average molecular weight is 195 g/mol. The van der Waals surface area contributed by atoms with E-state index < -0.39 is 0 Å². The lowest BCUT2D eigenvalue weighted by atomic mass is 10.0. The van der Waals surface area contributed by atoms with Crippen molar-refractivity contribution in [3.8, 4) is 17.2 Å². The van der Waals surface area contributed by atoms with E-state index in [0.29, 0.717) is 17.1 Å². The molecule has 4 heteroatoms. The Morgan fingerprint density at radius 3 is 3.00 bits per heavy atom. The van der Waals surface area contributed by atoms with Gasteiger partial charge in [-0.25, -0.2) is 0 Å². The van der Waals surface area contributed by atoms with Gasteiger partial charge in [0.1, 0.15) is 0 Å². The highest BCUT2D eigenvalue weighted by atomic mass is 16.7. The second-order valence-electron chi connectivity index (χ2n) is 3.25. The summed E-state index contributed by atoms with van der Waals surface area (Å²) in [6.45, 7) is 2.13. The van der Waals surface area contributed by atoms with E-state index >= 15 is 0 Å². The minimum atomic E-state index is -0.163. The van der Waals surface area contributed by atoms with Crippen LogP contribution in [0.3, 0.4) is 0 Å². The molecule has 0 bridgehead atoms. The quantitative estimate of drug-likeness (QED) is 0.751. The van der Waals surface area contributed by atoms with E-state index in [-0.39, 0.29) is 18.6 Å². The number of hydrogen-bond donors (Lipinski definition) is 2. The lowest BCUT2D eigenvalue weighted by molar-refractivity contribution is 0.171. The molecule has 1 aromatic rings. The van der Waals surface area contributed by atoms with Crippen molar-refractivity contribution < 1.29 is 14.6 Å². The highest BCUT2D eigenvalue weighted by Gasteiger charge is 2.22. The number of nitrogens with two attached hydrogens (primary N) is 1. The average Bonchev–Trinajstić information content (AvgIpc) is 2.66. The Hall–Kier alpha value is -1.42. The SMILES string of the molecule is CC[C@H](N)c1ccc2c(c1O)OCO2. The van der Waals surface area contributed by atoms with E-state index in [4.69, 9.17) is 15.2 Å². The highest BCUT2D eigenvalue weighted by Crippen LogP contribution is 2.44. The van der Waals surface area contributed by atoms with Gasteiger partial charge in [0, 0.05) is 11.6 Å². The van der Waals surface area contributed by atoms with Gasteiger partial charge in [-0.2, -0.15) is 0 Å². The van der Waals surface area contributed by atoms with E-state index in [9.17, 15) is 5.11 Å². The second-order valence-corrected chi connectivity index (χ2v) is 3.25. The first-order chi connectivity index (χ1) is 6.74. The topological polar surface area (TPSA) is 64.7 Å². The monoisotopic (exact) mass is 195 g/mol. The van der Waals surface area contributed by atoms with Crippen LogP contribution in [0, 0.1) is 0 Å². The minimum Gasteiger partial charge on any atom is -0.504 e. The van der Waals surface area contributed by atoms with Gasteiger partial charge in [-0.1, -0.05) is 6.92 Å². The smallest absolute Gasteiger partial charge is 0.231 e. The summed E-state index contributed by atoms with van der Waals surface area (Å²) >= 11 is 0. The van der Waals surface area contributed by atoms with Crippen molar-refractivity contribution in [3.05, 3.63) is 17.7 Å². The zero-order valence-corrected chi connectivity index (χ0v) is 7.99. The number of fused-ring (bicyclic) bond motifs is 1. The lowest BCUT2D eigenvalue weighted by Gasteiger charge is -2.12. The number of phenolic OH excluding ortho intramolecular Hbond substituents is 1. The molecule has 0 unspecified atom stereocenters. The third-order valence-electron chi connectivity index (χ3n) is 2.38. The van der Waals surface area contributed by atoms with Gasteiger partial charge in [0.15, 0.2) is 11.5 Å². The Bertz CT molecular complexity index is 351. The summed E-state index contributed by atoms with van der Waals surface area (Å²) < 4.78 is 10.3. The molecule has 0 amide bonds. The Balaban J connectivity index is 2.44. The number of aromatic hydroxyl groups is 1. The van der Waals surface area contributed by atoms with Crippen molar-refractivity contribution in [2.75, 3.05) is 6.79 Å². The maximum atomic E-state index is 9.83. The van der Waals surface area contributed by atoms with Crippen LogP contribution < -0.4 is 15.2 Å². The number of phenols is 1. The lowest BCUT2D eigenvalue weighted by Crippen LogP contribution is -2.08. The van der Waals surface area contributed by atoms with Crippen LogP contribution in [0.5, 0.6) is 17.2 Å². The third kappa shape index (κ3) is 1.28. The maximum Gasteiger partial charge on any atom is 0.231 e. The Morgan fingerprint density at radius 1 is 1.50 bits per heavy atom. The zero-order chi connectivity index (χ0) is 10.1. The molecule has 76 valence electrons. The fourth-order valence-corrected chi connectivity index (χ4v) is 1.49. The van der Waals surface area contributed by atoms with Crippen molar-refractivity contribution in [3.63, 3.8) is 0 Å². The third-order valence-corrected chi connectivity index (χ3v) is 2.38. The first-order valence-corrected chi connectivity index (χ1v) is 4.61. The molecule has 0 aliphatic carbocycles. The molecule has 0 aromatic heterocycles. The van der Waals surface area contributed by atoms with E-state index in [2.05, 4.69) is 0 Å². The summed E-state index contributed by atoms with van der Waals surface area (Å²) in [5.74, 6) is 1.09. The van der Waals surface area contributed by atoms with Crippen molar-refractivity contribution in [2.45, 2.75) is 19.4 Å². The van der Waals surface area contributed by atoms with Crippen LogP contribution in [0.1, 0.15) is 24.9 Å². The first kappa shape index (κ1) is 9.15. The number of hydrogen-bond acceptors (Lipinski definition) is 4. The molecular weight excluding hydrogens is 182 g/mol.